The lowest BCUT2D eigenvalue weighted by atomic mass is 9.94. The Labute approximate surface area is 161 Å². The maximum absolute atomic E-state index is 13.1. The van der Waals surface area contributed by atoms with Crippen molar-refractivity contribution in [3.63, 3.8) is 0 Å². The van der Waals surface area contributed by atoms with Crippen LogP contribution in [0, 0.1) is 6.92 Å². The van der Waals surface area contributed by atoms with E-state index < -0.39 is 0 Å². The van der Waals surface area contributed by atoms with Gasteiger partial charge < -0.3 is 14.3 Å². The van der Waals surface area contributed by atoms with Crippen molar-refractivity contribution in [2.24, 2.45) is 0 Å². The van der Waals surface area contributed by atoms with Gasteiger partial charge in [-0.2, -0.15) is 0 Å². The molecular formula is C22H29N3O2. The summed E-state index contributed by atoms with van der Waals surface area (Å²) < 4.78 is 5.22. The molecule has 1 aliphatic heterocycles. The van der Waals surface area contributed by atoms with Gasteiger partial charge in [-0.3, -0.25) is 4.79 Å². The Morgan fingerprint density at radius 3 is 2.52 bits per heavy atom. The van der Waals surface area contributed by atoms with E-state index in [2.05, 4.69) is 29.2 Å². The first kappa shape index (κ1) is 18.1. The van der Waals surface area contributed by atoms with E-state index in [4.69, 9.17) is 4.52 Å². The topological polar surface area (TPSA) is 49.6 Å². The van der Waals surface area contributed by atoms with Crippen LogP contribution in [0.25, 0.3) is 0 Å². The number of rotatable bonds is 4. The first-order valence-corrected chi connectivity index (χ1v) is 10.2. The first-order chi connectivity index (χ1) is 13.1. The maximum Gasteiger partial charge on any atom is 0.254 e. The summed E-state index contributed by atoms with van der Waals surface area (Å²) in [5, 5.41) is 4.14. The molecule has 27 heavy (non-hydrogen) atoms. The van der Waals surface area contributed by atoms with Gasteiger partial charge in [-0.25, -0.2) is 0 Å². The SMILES string of the molecule is Cc1cc([C@@H]2CCCN2C(=O)c2ccc(N(C)C3CCCCC3)cc2)no1. The van der Waals surface area contributed by atoms with E-state index in [-0.39, 0.29) is 11.9 Å². The third-order valence-electron chi connectivity index (χ3n) is 6.15. The monoisotopic (exact) mass is 367 g/mol. The van der Waals surface area contributed by atoms with Crippen molar-refractivity contribution in [2.75, 3.05) is 18.5 Å². The normalized spacial score (nSPS) is 20.8. The predicted molar refractivity (Wildman–Crippen MR) is 106 cm³/mol. The summed E-state index contributed by atoms with van der Waals surface area (Å²) in [6, 6.07) is 10.7. The summed E-state index contributed by atoms with van der Waals surface area (Å²) in [5.74, 6) is 0.879. The number of anilines is 1. The number of nitrogens with zero attached hydrogens (tertiary/aromatic N) is 3. The van der Waals surface area contributed by atoms with E-state index in [9.17, 15) is 4.79 Å². The van der Waals surface area contributed by atoms with Crippen molar-refractivity contribution in [2.45, 2.75) is 64.0 Å². The molecule has 2 aliphatic rings. The molecule has 0 radical (unpaired) electrons. The highest BCUT2D eigenvalue weighted by Gasteiger charge is 2.32. The van der Waals surface area contributed by atoms with E-state index in [0.717, 1.165) is 36.4 Å². The number of carbonyl (C=O) groups is 1. The van der Waals surface area contributed by atoms with Crippen molar-refractivity contribution in [3.8, 4) is 0 Å². The number of hydrogen-bond acceptors (Lipinski definition) is 4. The molecule has 0 N–H and O–H groups in total. The van der Waals surface area contributed by atoms with Crippen LogP contribution in [-0.4, -0.2) is 35.6 Å². The molecule has 5 nitrogen and oxygen atoms in total. The van der Waals surface area contributed by atoms with Gasteiger partial charge in [-0.15, -0.1) is 0 Å². The molecule has 1 aromatic carbocycles. The van der Waals surface area contributed by atoms with Gasteiger partial charge in [0.1, 0.15) is 11.5 Å². The minimum absolute atomic E-state index is 0.0274. The lowest BCUT2D eigenvalue weighted by Crippen LogP contribution is -2.33. The van der Waals surface area contributed by atoms with E-state index in [0.29, 0.717) is 6.04 Å². The lowest BCUT2D eigenvalue weighted by Gasteiger charge is -2.33. The highest BCUT2D eigenvalue weighted by atomic mass is 16.5. The van der Waals surface area contributed by atoms with E-state index in [1.54, 1.807) is 0 Å². The molecule has 1 saturated carbocycles. The molecule has 1 saturated heterocycles. The van der Waals surface area contributed by atoms with Gasteiger partial charge in [0, 0.05) is 37.0 Å². The van der Waals surface area contributed by atoms with Crippen LogP contribution < -0.4 is 4.90 Å². The summed E-state index contributed by atoms with van der Waals surface area (Å²) in [7, 11) is 2.18. The Bertz CT molecular complexity index is 777. The average Bonchev–Trinajstić information content (AvgIpc) is 3.36. The Balaban J connectivity index is 1.47. The Morgan fingerprint density at radius 1 is 1.11 bits per heavy atom. The van der Waals surface area contributed by atoms with Crippen LogP contribution in [0.4, 0.5) is 5.69 Å². The molecule has 4 rings (SSSR count). The highest BCUT2D eigenvalue weighted by molar-refractivity contribution is 5.95. The minimum Gasteiger partial charge on any atom is -0.372 e. The van der Waals surface area contributed by atoms with Gasteiger partial charge in [0.25, 0.3) is 5.91 Å². The molecule has 1 aromatic heterocycles. The van der Waals surface area contributed by atoms with Crippen LogP contribution in [0.15, 0.2) is 34.9 Å². The molecule has 0 spiro atoms. The van der Waals surface area contributed by atoms with Crippen LogP contribution in [0.2, 0.25) is 0 Å². The Kier molecular flexibility index (Phi) is 5.19. The molecule has 1 atom stereocenters. The van der Waals surface area contributed by atoms with Crippen LogP contribution in [0.1, 0.15) is 72.8 Å². The summed E-state index contributed by atoms with van der Waals surface area (Å²) in [4.78, 5) is 17.4. The molecule has 144 valence electrons. The van der Waals surface area contributed by atoms with Crippen LogP contribution >= 0.6 is 0 Å². The molecular weight excluding hydrogens is 338 g/mol. The average molecular weight is 367 g/mol. The third kappa shape index (κ3) is 3.73. The summed E-state index contributed by atoms with van der Waals surface area (Å²) >= 11 is 0. The predicted octanol–water partition coefficient (Wildman–Crippen LogP) is 4.73. The number of benzene rings is 1. The standard InChI is InChI=1S/C22H29N3O2/c1-16-15-20(23-27-16)21-9-6-14-25(21)22(26)17-10-12-19(13-11-17)24(2)18-7-4-3-5-8-18/h10-13,15,18,21H,3-9,14H2,1-2H3/t21-/m0/s1. The zero-order valence-electron chi connectivity index (χ0n) is 16.4. The second-order valence-electron chi connectivity index (χ2n) is 7.97. The Morgan fingerprint density at radius 2 is 1.85 bits per heavy atom. The molecule has 2 heterocycles. The number of carbonyl (C=O) groups excluding carboxylic acids is 1. The van der Waals surface area contributed by atoms with Crippen molar-refractivity contribution in [3.05, 3.63) is 47.3 Å². The summed E-state index contributed by atoms with van der Waals surface area (Å²) in [6.07, 6.45) is 8.49. The first-order valence-electron chi connectivity index (χ1n) is 10.2. The van der Waals surface area contributed by atoms with Gasteiger partial charge in [0.15, 0.2) is 0 Å². The molecule has 0 bridgehead atoms. The molecule has 0 unspecified atom stereocenters. The van der Waals surface area contributed by atoms with Gasteiger partial charge in [0.2, 0.25) is 0 Å². The van der Waals surface area contributed by atoms with Gasteiger partial charge in [-0.05, 0) is 56.9 Å². The van der Waals surface area contributed by atoms with Crippen LogP contribution in [0.5, 0.6) is 0 Å². The number of likely N-dealkylation sites (tertiary alicyclic amines) is 1. The summed E-state index contributed by atoms with van der Waals surface area (Å²) in [5.41, 5.74) is 2.82. The number of aryl methyl sites for hydroxylation is 1. The largest absolute Gasteiger partial charge is 0.372 e. The van der Waals surface area contributed by atoms with Crippen molar-refractivity contribution < 1.29 is 9.32 Å². The van der Waals surface area contributed by atoms with Crippen LogP contribution in [-0.2, 0) is 0 Å². The molecule has 2 fully saturated rings. The third-order valence-corrected chi connectivity index (χ3v) is 6.15. The second kappa shape index (κ2) is 7.75. The number of aromatic nitrogens is 1. The van der Waals surface area contributed by atoms with Gasteiger partial charge in [-0.1, -0.05) is 24.4 Å². The lowest BCUT2D eigenvalue weighted by molar-refractivity contribution is 0.0731. The minimum atomic E-state index is 0.0274. The zero-order chi connectivity index (χ0) is 18.8. The highest BCUT2D eigenvalue weighted by Crippen LogP contribution is 2.33. The fraction of sp³-hybridized carbons (Fsp3) is 0.545. The Hall–Kier alpha value is -2.30. The summed E-state index contributed by atoms with van der Waals surface area (Å²) in [6.45, 7) is 2.66. The van der Waals surface area contributed by atoms with Crippen molar-refractivity contribution in [1.82, 2.24) is 10.1 Å². The number of hydrogen-bond donors (Lipinski definition) is 0. The maximum atomic E-state index is 13.1. The second-order valence-corrected chi connectivity index (χ2v) is 7.97. The van der Waals surface area contributed by atoms with E-state index >= 15 is 0 Å². The quantitative estimate of drug-likeness (QED) is 0.784. The molecule has 2 aromatic rings. The smallest absolute Gasteiger partial charge is 0.254 e. The number of amides is 1. The molecule has 1 amide bonds. The molecule has 1 aliphatic carbocycles. The van der Waals surface area contributed by atoms with Crippen LogP contribution in [0.3, 0.4) is 0 Å². The fourth-order valence-corrected chi connectivity index (χ4v) is 4.54. The molecule has 5 heteroatoms. The van der Waals surface area contributed by atoms with Gasteiger partial charge >= 0.3 is 0 Å². The fourth-order valence-electron chi connectivity index (χ4n) is 4.54. The van der Waals surface area contributed by atoms with E-state index in [1.807, 2.05) is 30.0 Å². The van der Waals surface area contributed by atoms with Gasteiger partial charge in [0.05, 0.1) is 6.04 Å². The van der Waals surface area contributed by atoms with Crippen molar-refractivity contribution >= 4 is 11.6 Å². The zero-order valence-corrected chi connectivity index (χ0v) is 16.4. The van der Waals surface area contributed by atoms with Crippen molar-refractivity contribution in [1.29, 1.82) is 0 Å². The van der Waals surface area contributed by atoms with E-state index in [1.165, 1.54) is 37.8 Å².